The highest BCUT2D eigenvalue weighted by atomic mass is 15.0. The number of hydrogen-bond donors (Lipinski definition) is 1. The molecule has 0 unspecified atom stereocenters. The molecule has 0 radical (unpaired) electrons. The molecular weight excluding hydrogens is 124 g/mol. The Kier molecular flexibility index (Phi) is 2.51. The molecule has 2 heteroatoms. The van der Waals surface area contributed by atoms with Crippen LogP contribution in [0.3, 0.4) is 0 Å². The second kappa shape index (κ2) is 3.42. The standard InChI is InChI=1S/C8H14N2/c1-8(9-2)7-10-5-3-4-6-10/h3-6,8-9H,7H2,1-2H3/t8-/m0/s1. The van der Waals surface area contributed by atoms with Crippen molar-refractivity contribution in [3.05, 3.63) is 24.5 Å². The van der Waals surface area contributed by atoms with Crippen molar-refractivity contribution in [3.63, 3.8) is 0 Å². The number of likely N-dealkylation sites (N-methyl/N-ethyl adjacent to an activating group) is 1. The van der Waals surface area contributed by atoms with Gasteiger partial charge in [-0.25, -0.2) is 0 Å². The van der Waals surface area contributed by atoms with Crippen LogP contribution in [0.2, 0.25) is 0 Å². The summed E-state index contributed by atoms with van der Waals surface area (Å²) >= 11 is 0. The van der Waals surface area contributed by atoms with Crippen molar-refractivity contribution in [1.29, 1.82) is 0 Å². The Hall–Kier alpha value is -0.760. The van der Waals surface area contributed by atoms with Crippen LogP contribution in [-0.2, 0) is 6.54 Å². The predicted octanol–water partition coefficient (Wildman–Crippen LogP) is 1.10. The molecule has 0 amide bonds. The zero-order valence-electron chi connectivity index (χ0n) is 6.54. The molecule has 0 saturated carbocycles. The Morgan fingerprint density at radius 3 is 2.50 bits per heavy atom. The van der Waals surface area contributed by atoms with E-state index in [0.717, 1.165) is 6.54 Å². The maximum Gasteiger partial charge on any atom is 0.0370 e. The summed E-state index contributed by atoms with van der Waals surface area (Å²) in [4.78, 5) is 0. The molecule has 10 heavy (non-hydrogen) atoms. The van der Waals surface area contributed by atoms with Crippen LogP contribution in [-0.4, -0.2) is 17.7 Å². The number of rotatable bonds is 3. The van der Waals surface area contributed by atoms with E-state index < -0.39 is 0 Å². The Balaban J connectivity index is 2.40. The molecule has 0 aromatic carbocycles. The zero-order valence-corrected chi connectivity index (χ0v) is 6.54. The first kappa shape index (κ1) is 7.35. The Morgan fingerprint density at radius 2 is 2.00 bits per heavy atom. The van der Waals surface area contributed by atoms with Crippen LogP contribution in [0.4, 0.5) is 0 Å². The van der Waals surface area contributed by atoms with Crippen molar-refractivity contribution in [2.75, 3.05) is 7.05 Å². The monoisotopic (exact) mass is 138 g/mol. The van der Waals surface area contributed by atoms with Gasteiger partial charge in [-0.2, -0.15) is 0 Å². The molecule has 1 heterocycles. The van der Waals surface area contributed by atoms with Gasteiger partial charge in [0.25, 0.3) is 0 Å². The van der Waals surface area contributed by atoms with Gasteiger partial charge in [0.1, 0.15) is 0 Å². The number of hydrogen-bond acceptors (Lipinski definition) is 1. The van der Waals surface area contributed by atoms with E-state index in [2.05, 4.69) is 29.2 Å². The average molecular weight is 138 g/mol. The van der Waals surface area contributed by atoms with Gasteiger partial charge in [-0.05, 0) is 26.1 Å². The van der Waals surface area contributed by atoms with Crippen LogP contribution >= 0.6 is 0 Å². The normalized spacial score (nSPS) is 13.4. The molecule has 1 atom stereocenters. The quantitative estimate of drug-likeness (QED) is 0.661. The predicted molar refractivity (Wildman–Crippen MR) is 43.0 cm³/mol. The number of nitrogens with zero attached hydrogens (tertiary/aromatic N) is 1. The van der Waals surface area contributed by atoms with Crippen LogP contribution in [0.5, 0.6) is 0 Å². The maximum absolute atomic E-state index is 3.18. The fourth-order valence-corrected chi connectivity index (χ4v) is 0.899. The molecule has 1 aromatic rings. The summed E-state index contributed by atoms with van der Waals surface area (Å²) in [6, 6.07) is 4.64. The third-order valence-corrected chi connectivity index (χ3v) is 1.64. The molecule has 1 N–H and O–H groups in total. The van der Waals surface area contributed by atoms with Gasteiger partial charge in [0.2, 0.25) is 0 Å². The molecule has 0 aliphatic heterocycles. The second-order valence-electron chi connectivity index (χ2n) is 2.57. The number of aromatic nitrogens is 1. The molecule has 0 bridgehead atoms. The zero-order chi connectivity index (χ0) is 7.40. The Labute approximate surface area is 61.9 Å². The van der Waals surface area contributed by atoms with Gasteiger partial charge in [0.15, 0.2) is 0 Å². The van der Waals surface area contributed by atoms with Gasteiger partial charge in [-0.15, -0.1) is 0 Å². The minimum atomic E-state index is 0.549. The molecule has 2 nitrogen and oxygen atoms in total. The summed E-state index contributed by atoms with van der Waals surface area (Å²) in [5.74, 6) is 0. The summed E-state index contributed by atoms with van der Waals surface area (Å²) in [6.07, 6.45) is 4.15. The Bertz CT molecular complexity index is 167. The van der Waals surface area contributed by atoms with E-state index in [1.807, 2.05) is 19.2 Å². The second-order valence-corrected chi connectivity index (χ2v) is 2.57. The molecule has 1 rings (SSSR count). The van der Waals surface area contributed by atoms with Crippen LogP contribution in [0.15, 0.2) is 24.5 Å². The lowest BCUT2D eigenvalue weighted by atomic mass is 10.3. The van der Waals surface area contributed by atoms with Gasteiger partial charge in [-0.3, -0.25) is 0 Å². The van der Waals surface area contributed by atoms with Crippen molar-refractivity contribution >= 4 is 0 Å². The summed E-state index contributed by atoms with van der Waals surface area (Å²) in [6.45, 7) is 3.21. The van der Waals surface area contributed by atoms with E-state index in [1.54, 1.807) is 0 Å². The lowest BCUT2D eigenvalue weighted by molar-refractivity contribution is 0.516. The topological polar surface area (TPSA) is 17.0 Å². The van der Waals surface area contributed by atoms with E-state index >= 15 is 0 Å². The minimum Gasteiger partial charge on any atom is -0.353 e. The van der Waals surface area contributed by atoms with Crippen molar-refractivity contribution in [1.82, 2.24) is 9.88 Å². The molecule has 0 spiro atoms. The van der Waals surface area contributed by atoms with Crippen LogP contribution < -0.4 is 5.32 Å². The lowest BCUT2D eigenvalue weighted by Gasteiger charge is -2.10. The first-order valence-electron chi connectivity index (χ1n) is 3.61. The molecule has 56 valence electrons. The van der Waals surface area contributed by atoms with E-state index in [-0.39, 0.29) is 0 Å². The lowest BCUT2D eigenvalue weighted by Crippen LogP contribution is -2.25. The van der Waals surface area contributed by atoms with Gasteiger partial charge in [-0.1, -0.05) is 0 Å². The van der Waals surface area contributed by atoms with E-state index in [9.17, 15) is 0 Å². The van der Waals surface area contributed by atoms with Crippen LogP contribution in [0.1, 0.15) is 6.92 Å². The fraction of sp³-hybridized carbons (Fsp3) is 0.500. The van der Waals surface area contributed by atoms with E-state index in [4.69, 9.17) is 0 Å². The maximum atomic E-state index is 3.18. The van der Waals surface area contributed by atoms with Gasteiger partial charge < -0.3 is 9.88 Å². The summed E-state index contributed by atoms with van der Waals surface area (Å²) in [7, 11) is 1.98. The van der Waals surface area contributed by atoms with Crippen molar-refractivity contribution in [2.45, 2.75) is 19.5 Å². The summed E-state index contributed by atoms with van der Waals surface area (Å²) in [5.41, 5.74) is 0. The average Bonchev–Trinajstić information content (AvgIpc) is 2.40. The fourth-order valence-electron chi connectivity index (χ4n) is 0.899. The molecular formula is C8H14N2. The molecule has 0 aliphatic carbocycles. The summed E-state index contributed by atoms with van der Waals surface area (Å²) < 4.78 is 2.17. The summed E-state index contributed by atoms with van der Waals surface area (Å²) in [5, 5.41) is 3.18. The molecule has 0 saturated heterocycles. The first-order chi connectivity index (χ1) is 4.83. The smallest absolute Gasteiger partial charge is 0.0370 e. The van der Waals surface area contributed by atoms with E-state index in [0.29, 0.717) is 6.04 Å². The molecule has 0 fully saturated rings. The number of nitrogens with one attached hydrogen (secondary N) is 1. The molecule has 1 aromatic heterocycles. The van der Waals surface area contributed by atoms with Gasteiger partial charge in [0.05, 0.1) is 0 Å². The SMILES string of the molecule is CN[C@@H](C)Cn1cccc1. The van der Waals surface area contributed by atoms with Crippen molar-refractivity contribution in [2.24, 2.45) is 0 Å². The van der Waals surface area contributed by atoms with Crippen LogP contribution in [0.25, 0.3) is 0 Å². The highest BCUT2D eigenvalue weighted by molar-refractivity contribution is 4.90. The van der Waals surface area contributed by atoms with Crippen molar-refractivity contribution in [3.8, 4) is 0 Å². The van der Waals surface area contributed by atoms with E-state index in [1.165, 1.54) is 0 Å². The minimum absolute atomic E-state index is 0.549. The van der Waals surface area contributed by atoms with Gasteiger partial charge >= 0.3 is 0 Å². The highest BCUT2D eigenvalue weighted by Gasteiger charge is 1.95. The third-order valence-electron chi connectivity index (χ3n) is 1.64. The third kappa shape index (κ3) is 1.88. The van der Waals surface area contributed by atoms with Crippen LogP contribution in [0, 0.1) is 0 Å². The largest absolute Gasteiger partial charge is 0.353 e. The molecule has 0 aliphatic rings. The van der Waals surface area contributed by atoms with Gasteiger partial charge in [0, 0.05) is 25.0 Å². The first-order valence-corrected chi connectivity index (χ1v) is 3.61. The Morgan fingerprint density at radius 1 is 1.40 bits per heavy atom. The highest BCUT2D eigenvalue weighted by Crippen LogP contribution is 1.92. The van der Waals surface area contributed by atoms with Crippen molar-refractivity contribution < 1.29 is 0 Å².